The average Bonchev–Trinajstić information content (AvgIpc) is 3.35. The molecule has 6 nitrogen and oxygen atoms in total. The van der Waals surface area contributed by atoms with Gasteiger partial charge in [-0.1, -0.05) is 29.4 Å². The van der Waals surface area contributed by atoms with E-state index in [4.69, 9.17) is 4.52 Å². The molecule has 4 aromatic rings. The van der Waals surface area contributed by atoms with Crippen LogP contribution >= 0.6 is 15.9 Å². The molecule has 0 saturated carbocycles. The Bertz CT molecular complexity index is 1290. The first kappa shape index (κ1) is 19.8. The zero-order chi connectivity index (χ0) is 21.5. The first-order valence-electron chi connectivity index (χ1n) is 10.3. The van der Waals surface area contributed by atoms with Gasteiger partial charge in [0.05, 0.1) is 10.2 Å². The molecule has 2 aromatic carbocycles. The van der Waals surface area contributed by atoms with Crippen molar-refractivity contribution in [3.05, 3.63) is 75.5 Å². The summed E-state index contributed by atoms with van der Waals surface area (Å²) in [6, 6.07) is 16.0. The monoisotopic (exact) mass is 476 g/mol. The summed E-state index contributed by atoms with van der Waals surface area (Å²) < 4.78 is 8.16. The number of nitrogens with one attached hydrogen (secondary N) is 1. The molecule has 1 amide bonds. The highest BCUT2D eigenvalue weighted by Gasteiger charge is 2.25. The number of nitrogens with zero attached hydrogens (tertiary/aromatic N) is 3. The van der Waals surface area contributed by atoms with Crippen molar-refractivity contribution in [1.82, 2.24) is 14.9 Å². The van der Waals surface area contributed by atoms with Crippen LogP contribution in [0, 0.1) is 6.92 Å². The van der Waals surface area contributed by atoms with Crippen LogP contribution in [0.2, 0.25) is 0 Å². The van der Waals surface area contributed by atoms with Crippen molar-refractivity contribution >= 4 is 27.5 Å². The van der Waals surface area contributed by atoms with Crippen LogP contribution < -0.4 is 5.32 Å². The fourth-order valence-corrected chi connectivity index (χ4v) is 4.57. The first-order valence-corrected chi connectivity index (χ1v) is 11.1. The largest absolute Gasteiger partial charge is 0.355 e. The maximum absolute atomic E-state index is 12.8. The first-order chi connectivity index (χ1) is 15.1. The molecule has 0 atom stereocenters. The molecule has 156 valence electrons. The Labute approximate surface area is 188 Å². The van der Waals surface area contributed by atoms with Crippen molar-refractivity contribution in [3.63, 3.8) is 0 Å². The zero-order valence-corrected chi connectivity index (χ0v) is 18.9. The van der Waals surface area contributed by atoms with Crippen molar-refractivity contribution in [2.75, 3.05) is 5.32 Å². The summed E-state index contributed by atoms with van der Waals surface area (Å²) in [4.78, 5) is 12.8. The molecular formula is C24H21BrN4O2. The lowest BCUT2D eigenvalue weighted by atomic mass is 9.88. The van der Waals surface area contributed by atoms with Crippen LogP contribution in [0.3, 0.4) is 0 Å². The van der Waals surface area contributed by atoms with Gasteiger partial charge in [-0.05, 0) is 72.4 Å². The molecule has 0 spiro atoms. The van der Waals surface area contributed by atoms with E-state index in [1.165, 1.54) is 5.56 Å². The van der Waals surface area contributed by atoms with Gasteiger partial charge in [-0.25, -0.2) is 0 Å². The number of benzene rings is 2. The number of fused-ring (bicyclic) bond motifs is 3. The summed E-state index contributed by atoms with van der Waals surface area (Å²) in [5, 5.41) is 11.7. The standard InChI is InChI=1S/C24H21BrN4O2/c1-3-29-22(20(25)14(2)27-29)24(30)26-17-11-8-16(9-12-17)23-19-13-10-15-6-4-5-7-18(15)21(19)28-31-23/h4-9,11-12H,3,10,13H2,1-2H3,(H,26,30). The molecule has 7 heteroatoms. The predicted octanol–water partition coefficient (Wildman–Crippen LogP) is 5.65. The van der Waals surface area contributed by atoms with Crippen LogP contribution in [0.25, 0.3) is 22.6 Å². The smallest absolute Gasteiger partial charge is 0.275 e. The Hall–Kier alpha value is -3.19. The quantitative estimate of drug-likeness (QED) is 0.413. The molecule has 0 fully saturated rings. The van der Waals surface area contributed by atoms with E-state index in [-0.39, 0.29) is 5.91 Å². The topological polar surface area (TPSA) is 73.0 Å². The number of hydrogen-bond acceptors (Lipinski definition) is 4. The van der Waals surface area contributed by atoms with Crippen molar-refractivity contribution in [2.24, 2.45) is 0 Å². The maximum Gasteiger partial charge on any atom is 0.275 e. The summed E-state index contributed by atoms with van der Waals surface area (Å²) in [6.07, 6.45) is 1.88. The van der Waals surface area contributed by atoms with Crippen LogP contribution in [0.4, 0.5) is 5.69 Å². The highest BCUT2D eigenvalue weighted by atomic mass is 79.9. The predicted molar refractivity (Wildman–Crippen MR) is 123 cm³/mol. The molecule has 0 aliphatic heterocycles. The van der Waals surface area contributed by atoms with E-state index in [0.29, 0.717) is 17.9 Å². The molecular weight excluding hydrogens is 456 g/mol. The van der Waals surface area contributed by atoms with Crippen molar-refractivity contribution in [1.29, 1.82) is 0 Å². The highest BCUT2D eigenvalue weighted by molar-refractivity contribution is 9.10. The minimum atomic E-state index is -0.198. The minimum absolute atomic E-state index is 0.198. The molecule has 0 unspecified atom stereocenters. The fraction of sp³-hybridized carbons (Fsp3) is 0.208. The number of aromatic nitrogens is 3. The Morgan fingerprint density at radius 1 is 1.16 bits per heavy atom. The third-order valence-corrected chi connectivity index (χ3v) is 6.63. The molecule has 5 rings (SSSR count). The Kier molecular flexibility index (Phi) is 4.98. The van der Waals surface area contributed by atoms with Gasteiger partial charge < -0.3 is 9.84 Å². The van der Waals surface area contributed by atoms with Crippen molar-refractivity contribution in [3.8, 4) is 22.6 Å². The van der Waals surface area contributed by atoms with Gasteiger partial charge >= 0.3 is 0 Å². The van der Waals surface area contributed by atoms with Gasteiger partial charge in [-0.3, -0.25) is 9.48 Å². The lowest BCUT2D eigenvalue weighted by Gasteiger charge is -2.14. The number of rotatable bonds is 4. The molecule has 1 aliphatic carbocycles. The second-order valence-electron chi connectivity index (χ2n) is 7.59. The summed E-state index contributed by atoms with van der Waals surface area (Å²) in [6.45, 7) is 4.45. The van der Waals surface area contributed by atoms with E-state index in [1.54, 1.807) is 4.68 Å². The van der Waals surface area contributed by atoms with Crippen LogP contribution in [0.15, 0.2) is 57.5 Å². The van der Waals surface area contributed by atoms with Crippen molar-refractivity contribution in [2.45, 2.75) is 33.2 Å². The second kappa shape index (κ2) is 7.81. The van der Waals surface area contributed by atoms with Crippen molar-refractivity contribution < 1.29 is 9.32 Å². The molecule has 0 radical (unpaired) electrons. The number of halogens is 1. The van der Waals surface area contributed by atoms with Gasteiger partial charge in [0.15, 0.2) is 5.76 Å². The molecule has 31 heavy (non-hydrogen) atoms. The van der Waals surface area contributed by atoms with Crippen LogP contribution in [0.1, 0.15) is 34.2 Å². The van der Waals surface area contributed by atoms with Gasteiger partial charge in [-0.2, -0.15) is 5.10 Å². The van der Waals surface area contributed by atoms with Gasteiger partial charge in [0.2, 0.25) is 0 Å². The van der Waals surface area contributed by atoms with Crippen LogP contribution in [-0.2, 0) is 19.4 Å². The summed E-state index contributed by atoms with van der Waals surface area (Å²) >= 11 is 3.48. The van der Waals surface area contributed by atoms with E-state index in [9.17, 15) is 4.79 Å². The summed E-state index contributed by atoms with van der Waals surface area (Å²) in [5.74, 6) is 0.598. The maximum atomic E-state index is 12.8. The SMILES string of the molecule is CCn1nc(C)c(Br)c1C(=O)Nc1ccc(-c2onc3c2CCc2ccccc2-3)cc1. The van der Waals surface area contributed by atoms with Gasteiger partial charge in [0.25, 0.3) is 5.91 Å². The van der Waals surface area contributed by atoms with Gasteiger partial charge in [0, 0.05) is 28.9 Å². The van der Waals surface area contributed by atoms with E-state index >= 15 is 0 Å². The number of aryl methyl sites for hydroxylation is 3. The number of carbonyl (C=O) groups is 1. The van der Waals surface area contributed by atoms with E-state index in [2.05, 4.69) is 49.7 Å². The van der Waals surface area contributed by atoms with Gasteiger partial charge in [-0.15, -0.1) is 0 Å². The normalized spacial score (nSPS) is 12.4. The molecule has 1 N–H and O–H groups in total. The third-order valence-electron chi connectivity index (χ3n) is 5.68. The third kappa shape index (κ3) is 3.39. The number of anilines is 1. The molecule has 2 heterocycles. The Morgan fingerprint density at radius 3 is 2.71 bits per heavy atom. The molecule has 1 aliphatic rings. The number of amides is 1. The second-order valence-corrected chi connectivity index (χ2v) is 8.38. The molecule has 0 saturated heterocycles. The van der Waals surface area contributed by atoms with E-state index in [0.717, 1.165) is 51.2 Å². The Morgan fingerprint density at radius 2 is 1.94 bits per heavy atom. The lowest BCUT2D eigenvalue weighted by Crippen LogP contribution is -2.17. The summed E-state index contributed by atoms with van der Waals surface area (Å²) in [5.41, 5.74) is 7.49. The van der Waals surface area contributed by atoms with Crippen LogP contribution in [-0.4, -0.2) is 20.8 Å². The van der Waals surface area contributed by atoms with Crippen LogP contribution in [0.5, 0.6) is 0 Å². The molecule has 0 bridgehead atoms. The average molecular weight is 477 g/mol. The van der Waals surface area contributed by atoms with E-state index < -0.39 is 0 Å². The lowest BCUT2D eigenvalue weighted by molar-refractivity contribution is 0.101. The highest BCUT2D eigenvalue weighted by Crippen LogP contribution is 2.38. The van der Waals surface area contributed by atoms with E-state index in [1.807, 2.05) is 44.2 Å². The number of carbonyl (C=O) groups excluding carboxylic acids is 1. The van der Waals surface area contributed by atoms with Gasteiger partial charge in [0.1, 0.15) is 11.4 Å². The fourth-order valence-electron chi connectivity index (χ4n) is 4.11. The Balaban J connectivity index is 1.40. The summed E-state index contributed by atoms with van der Waals surface area (Å²) in [7, 11) is 0. The molecule has 2 aromatic heterocycles. The minimum Gasteiger partial charge on any atom is -0.355 e. The number of hydrogen-bond donors (Lipinski definition) is 1. The zero-order valence-electron chi connectivity index (χ0n) is 17.3.